The minimum absolute atomic E-state index is 0.314. The number of aromatic nitrogens is 2. The van der Waals surface area contributed by atoms with Crippen LogP contribution in [0.3, 0.4) is 0 Å². The lowest BCUT2D eigenvalue weighted by atomic mass is 9.93. The maximum atomic E-state index is 11.9. The smallest absolute Gasteiger partial charge is 0.329 e. The lowest BCUT2D eigenvalue weighted by Gasteiger charge is -2.28. The summed E-state index contributed by atoms with van der Waals surface area (Å²) < 4.78 is 1.67. The summed E-state index contributed by atoms with van der Waals surface area (Å²) in [6, 6.07) is -0.487. The second-order valence-corrected chi connectivity index (χ2v) is 4.82. The maximum absolute atomic E-state index is 11.9. The SMILES string of the molecule is CCC(CC)(NC(=O)NCc1cn(C)nc1C)C(=O)O. The zero-order valence-electron chi connectivity index (χ0n) is 12.4. The molecule has 20 heavy (non-hydrogen) atoms. The molecule has 1 heterocycles. The number of nitrogens with zero attached hydrogens (tertiary/aromatic N) is 2. The number of nitrogens with one attached hydrogen (secondary N) is 2. The third kappa shape index (κ3) is 3.49. The van der Waals surface area contributed by atoms with E-state index in [0.29, 0.717) is 19.4 Å². The van der Waals surface area contributed by atoms with Gasteiger partial charge in [-0.15, -0.1) is 0 Å². The molecule has 0 radical (unpaired) electrons. The Morgan fingerprint density at radius 1 is 1.40 bits per heavy atom. The molecule has 3 N–H and O–H groups in total. The van der Waals surface area contributed by atoms with E-state index in [0.717, 1.165) is 11.3 Å². The quantitative estimate of drug-likeness (QED) is 0.729. The second-order valence-electron chi connectivity index (χ2n) is 4.82. The van der Waals surface area contributed by atoms with Crippen molar-refractivity contribution in [3.63, 3.8) is 0 Å². The molecule has 112 valence electrons. The van der Waals surface area contributed by atoms with Crippen LogP contribution >= 0.6 is 0 Å². The Hall–Kier alpha value is -2.05. The summed E-state index contributed by atoms with van der Waals surface area (Å²) in [6.45, 7) is 5.65. The van der Waals surface area contributed by atoms with Gasteiger partial charge in [0.05, 0.1) is 5.69 Å². The van der Waals surface area contributed by atoms with Crippen LogP contribution in [0.5, 0.6) is 0 Å². The highest BCUT2D eigenvalue weighted by Crippen LogP contribution is 2.15. The Bertz CT molecular complexity index is 492. The van der Waals surface area contributed by atoms with E-state index >= 15 is 0 Å². The molecular formula is C13H22N4O3. The monoisotopic (exact) mass is 282 g/mol. The number of carbonyl (C=O) groups excluding carboxylic acids is 1. The molecule has 0 spiro atoms. The van der Waals surface area contributed by atoms with Crippen LogP contribution in [0.25, 0.3) is 0 Å². The normalized spacial score (nSPS) is 11.2. The molecule has 0 bridgehead atoms. The molecule has 0 atom stereocenters. The van der Waals surface area contributed by atoms with Crippen molar-refractivity contribution >= 4 is 12.0 Å². The summed E-state index contributed by atoms with van der Waals surface area (Å²) in [5.74, 6) is -1.02. The molecule has 0 aromatic carbocycles. The molecule has 0 aliphatic heterocycles. The molecule has 0 aliphatic carbocycles. The lowest BCUT2D eigenvalue weighted by Crippen LogP contribution is -2.56. The van der Waals surface area contributed by atoms with Crippen LogP contribution in [0.2, 0.25) is 0 Å². The van der Waals surface area contributed by atoms with Crippen LogP contribution in [-0.2, 0) is 18.4 Å². The topological polar surface area (TPSA) is 96.3 Å². The first kappa shape index (κ1) is 16.0. The van der Waals surface area contributed by atoms with Gasteiger partial charge >= 0.3 is 12.0 Å². The number of aryl methyl sites for hydroxylation is 2. The molecule has 2 amide bonds. The van der Waals surface area contributed by atoms with E-state index in [4.69, 9.17) is 0 Å². The van der Waals surface area contributed by atoms with Crippen LogP contribution in [0.15, 0.2) is 6.20 Å². The first-order valence-corrected chi connectivity index (χ1v) is 6.63. The number of carbonyl (C=O) groups is 2. The average Bonchev–Trinajstić information content (AvgIpc) is 2.71. The van der Waals surface area contributed by atoms with Crippen LogP contribution in [0, 0.1) is 6.92 Å². The van der Waals surface area contributed by atoms with E-state index in [2.05, 4.69) is 15.7 Å². The molecule has 1 rings (SSSR count). The number of urea groups is 1. The minimum atomic E-state index is -1.21. The van der Waals surface area contributed by atoms with Crippen molar-refractivity contribution in [3.05, 3.63) is 17.5 Å². The van der Waals surface area contributed by atoms with Gasteiger partial charge < -0.3 is 15.7 Å². The fraction of sp³-hybridized carbons (Fsp3) is 0.615. The van der Waals surface area contributed by atoms with Gasteiger partial charge in [-0.05, 0) is 19.8 Å². The first-order valence-electron chi connectivity index (χ1n) is 6.63. The maximum Gasteiger partial charge on any atom is 0.329 e. The van der Waals surface area contributed by atoms with E-state index in [9.17, 15) is 14.7 Å². The molecule has 0 saturated heterocycles. The summed E-state index contributed by atoms with van der Waals surface area (Å²) in [5.41, 5.74) is 0.522. The minimum Gasteiger partial charge on any atom is -0.480 e. The Morgan fingerprint density at radius 3 is 2.40 bits per heavy atom. The largest absolute Gasteiger partial charge is 0.480 e. The van der Waals surface area contributed by atoms with Crippen molar-refractivity contribution in [3.8, 4) is 0 Å². The number of carboxylic acid groups (broad SMARTS) is 1. The van der Waals surface area contributed by atoms with Crippen LogP contribution in [0.4, 0.5) is 4.79 Å². The van der Waals surface area contributed by atoms with E-state index in [-0.39, 0.29) is 0 Å². The van der Waals surface area contributed by atoms with Crippen LogP contribution in [0.1, 0.15) is 37.9 Å². The number of hydrogen-bond donors (Lipinski definition) is 3. The van der Waals surface area contributed by atoms with Crippen molar-refractivity contribution < 1.29 is 14.7 Å². The van der Waals surface area contributed by atoms with Gasteiger partial charge in [-0.25, -0.2) is 9.59 Å². The molecular weight excluding hydrogens is 260 g/mol. The Balaban J connectivity index is 2.63. The van der Waals surface area contributed by atoms with Gasteiger partial charge in [0, 0.05) is 25.4 Å². The Kier molecular flexibility index (Phi) is 5.12. The van der Waals surface area contributed by atoms with Crippen molar-refractivity contribution in [2.45, 2.75) is 45.7 Å². The predicted octanol–water partition coefficient (Wildman–Crippen LogP) is 1.17. The number of hydrogen-bond acceptors (Lipinski definition) is 3. The molecule has 7 heteroatoms. The molecule has 0 saturated carbocycles. The number of aliphatic carboxylic acids is 1. The molecule has 0 unspecified atom stereocenters. The van der Waals surface area contributed by atoms with Gasteiger partial charge in [0.1, 0.15) is 5.54 Å². The highest BCUT2D eigenvalue weighted by molar-refractivity contribution is 5.86. The molecule has 0 aliphatic rings. The van der Waals surface area contributed by atoms with Gasteiger partial charge in [0.25, 0.3) is 0 Å². The Morgan fingerprint density at radius 2 is 2.00 bits per heavy atom. The summed E-state index contributed by atoms with van der Waals surface area (Å²) in [7, 11) is 1.81. The number of amides is 2. The summed E-state index contributed by atoms with van der Waals surface area (Å²) in [6.07, 6.45) is 2.48. The van der Waals surface area contributed by atoms with Crippen molar-refractivity contribution in [1.29, 1.82) is 0 Å². The van der Waals surface area contributed by atoms with E-state index in [1.165, 1.54) is 0 Å². The highest BCUT2D eigenvalue weighted by atomic mass is 16.4. The zero-order valence-corrected chi connectivity index (χ0v) is 12.4. The zero-order chi connectivity index (χ0) is 15.3. The van der Waals surface area contributed by atoms with Crippen molar-refractivity contribution in [2.24, 2.45) is 7.05 Å². The predicted molar refractivity (Wildman–Crippen MR) is 74.3 cm³/mol. The molecule has 1 aromatic heterocycles. The first-order chi connectivity index (χ1) is 9.34. The lowest BCUT2D eigenvalue weighted by molar-refractivity contribution is -0.144. The second kappa shape index (κ2) is 6.40. The number of carboxylic acids is 1. The van der Waals surface area contributed by atoms with E-state index < -0.39 is 17.5 Å². The standard InChI is InChI=1S/C13H22N4O3/c1-5-13(6-2,11(18)19)15-12(20)14-7-10-8-17(4)16-9(10)3/h8H,5-7H2,1-4H3,(H,18,19)(H2,14,15,20). The molecule has 7 nitrogen and oxygen atoms in total. The van der Waals surface area contributed by atoms with Gasteiger partial charge in [-0.2, -0.15) is 5.10 Å². The van der Waals surface area contributed by atoms with Gasteiger partial charge in [0.15, 0.2) is 0 Å². The van der Waals surface area contributed by atoms with Gasteiger partial charge in [0.2, 0.25) is 0 Å². The number of rotatable bonds is 6. The van der Waals surface area contributed by atoms with Gasteiger partial charge in [-0.1, -0.05) is 13.8 Å². The van der Waals surface area contributed by atoms with Crippen molar-refractivity contribution in [2.75, 3.05) is 0 Å². The summed E-state index contributed by atoms with van der Waals surface area (Å²) in [5, 5.41) is 18.6. The molecule has 0 fully saturated rings. The summed E-state index contributed by atoms with van der Waals surface area (Å²) in [4.78, 5) is 23.2. The van der Waals surface area contributed by atoms with E-state index in [1.54, 1.807) is 25.6 Å². The Labute approximate surface area is 118 Å². The fourth-order valence-corrected chi connectivity index (χ4v) is 2.04. The molecule has 1 aromatic rings. The van der Waals surface area contributed by atoms with Crippen molar-refractivity contribution in [1.82, 2.24) is 20.4 Å². The third-order valence-corrected chi connectivity index (χ3v) is 3.52. The van der Waals surface area contributed by atoms with Crippen LogP contribution < -0.4 is 10.6 Å². The van der Waals surface area contributed by atoms with E-state index in [1.807, 2.05) is 13.1 Å². The van der Waals surface area contributed by atoms with Gasteiger partial charge in [-0.3, -0.25) is 4.68 Å². The third-order valence-electron chi connectivity index (χ3n) is 3.52. The highest BCUT2D eigenvalue weighted by Gasteiger charge is 2.36. The summed E-state index contributed by atoms with van der Waals surface area (Å²) >= 11 is 0. The van der Waals surface area contributed by atoms with Crippen LogP contribution in [-0.4, -0.2) is 32.4 Å². The average molecular weight is 282 g/mol. The fourth-order valence-electron chi connectivity index (χ4n) is 2.04.